The van der Waals surface area contributed by atoms with E-state index in [9.17, 15) is 23.7 Å². The Morgan fingerprint density at radius 1 is 1.38 bits per heavy atom. The van der Waals surface area contributed by atoms with E-state index in [1.54, 1.807) is 0 Å². The van der Waals surface area contributed by atoms with Gasteiger partial charge in [0.1, 0.15) is 11.3 Å². The molecule has 2 rings (SSSR count). The van der Waals surface area contributed by atoms with Gasteiger partial charge >= 0.3 is 5.97 Å². The van der Waals surface area contributed by atoms with E-state index in [2.05, 4.69) is 9.84 Å². The minimum absolute atomic E-state index is 0.145. The van der Waals surface area contributed by atoms with Crippen LogP contribution >= 0.6 is 0 Å². The van der Waals surface area contributed by atoms with Crippen LogP contribution in [0.4, 0.5) is 14.5 Å². The van der Waals surface area contributed by atoms with Gasteiger partial charge in [-0.15, -0.1) is 0 Å². The van der Waals surface area contributed by atoms with E-state index in [1.165, 1.54) is 24.3 Å². The van der Waals surface area contributed by atoms with Crippen LogP contribution in [0.1, 0.15) is 22.5 Å². The molecule has 110 valence electrons. The molecule has 1 aromatic carbocycles. The van der Waals surface area contributed by atoms with Gasteiger partial charge in [-0.2, -0.15) is 5.10 Å². The number of hydrogen-bond donors (Lipinski definition) is 0. The number of hydrogen-bond acceptors (Lipinski definition) is 5. The predicted molar refractivity (Wildman–Crippen MR) is 66.5 cm³/mol. The summed E-state index contributed by atoms with van der Waals surface area (Å²) in [5.41, 5.74) is -0.906. The van der Waals surface area contributed by atoms with Crippen LogP contribution in [0.2, 0.25) is 0 Å². The van der Waals surface area contributed by atoms with Crippen molar-refractivity contribution in [3.05, 3.63) is 51.8 Å². The first-order chi connectivity index (χ1) is 9.93. The monoisotopic (exact) mass is 297 g/mol. The third kappa shape index (κ3) is 2.86. The number of nitro groups is 1. The number of halogens is 2. The molecule has 0 bridgehead atoms. The molecule has 0 aliphatic heterocycles. The van der Waals surface area contributed by atoms with Gasteiger partial charge in [0.25, 0.3) is 12.1 Å². The van der Waals surface area contributed by atoms with Gasteiger partial charge in [-0.3, -0.25) is 10.1 Å². The molecule has 0 aliphatic carbocycles. The number of non-ortho nitro benzene ring substituents is 1. The molecular formula is C12H9F2N3O4. The molecule has 0 saturated carbocycles. The number of methoxy groups -OCH3 is 1. The molecule has 7 nitrogen and oxygen atoms in total. The van der Waals surface area contributed by atoms with Crippen LogP contribution in [-0.4, -0.2) is 27.8 Å². The normalized spacial score (nSPS) is 10.7. The minimum atomic E-state index is -2.95. The lowest BCUT2D eigenvalue weighted by molar-refractivity contribution is -0.384. The van der Waals surface area contributed by atoms with Crippen molar-refractivity contribution in [3.63, 3.8) is 0 Å². The van der Waals surface area contributed by atoms with E-state index in [0.717, 1.165) is 18.0 Å². The van der Waals surface area contributed by atoms with Gasteiger partial charge in [-0.05, 0) is 12.1 Å². The molecule has 0 radical (unpaired) electrons. The number of rotatable bonds is 4. The van der Waals surface area contributed by atoms with Gasteiger partial charge in [-0.25, -0.2) is 18.3 Å². The fourth-order valence-corrected chi connectivity index (χ4v) is 1.67. The molecular weight excluding hydrogens is 288 g/mol. The lowest BCUT2D eigenvalue weighted by atomic mass is 10.2. The number of carbonyl (C=O) groups excluding carboxylic acids is 1. The molecule has 1 heterocycles. The Morgan fingerprint density at radius 3 is 2.48 bits per heavy atom. The number of benzene rings is 1. The first-order valence-corrected chi connectivity index (χ1v) is 5.65. The molecule has 0 spiro atoms. The highest BCUT2D eigenvalue weighted by atomic mass is 19.3. The SMILES string of the molecule is COC(=O)c1cn(-c2ccc([N+](=O)[O-])cc2)nc1C(F)F. The maximum Gasteiger partial charge on any atom is 0.341 e. The maximum absolute atomic E-state index is 12.9. The van der Waals surface area contributed by atoms with Gasteiger partial charge in [0, 0.05) is 18.3 Å². The predicted octanol–water partition coefficient (Wildman–Crippen LogP) is 2.50. The highest BCUT2D eigenvalue weighted by Crippen LogP contribution is 2.24. The van der Waals surface area contributed by atoms with Gasteiger partial charge in [0.15, 0.2) is 0 Å². The molecule has 0 amide bonds. The van der Waals surface area contributed by atoms with E-state index in [4.69, 9.17) is 0 Å². The third-order valence-electron chi connectivity index (χ3n) is 2.68. The molecule has 1 aromatic heterocycles. The van der Waals surface area contributed by atoms with Crippen LogP contribution in [-0.2, 0) is 4.74 Å². The summed E-state index contributed by atoms with van der Waals surface area (Å²) < 4.78 is 31.2. The Bertz CT molecular complexity index is 682. The number of nitro benzene ring substituents is 1. The number of aromatic nitrogens is 2. The first-order valence-electron chi connectivity index (χ1n) is 5.65. The molecule has 21 heavy (non-hydrogen) atoms. The Kier molecular flexibility index (Phi) is 3.92. The largest absolute Gasteiger partial charge is 0.465 e. The van der Waals surface area contributed by atoms with Crippen LogP contribution in [0.25, 0.3) is 5.69 Å². The zero-order valence-electron chi connectivity index (χ0n) is 10.7. The van der Waals surface area contributed by atoms with E-state index >= 15 is 0 Å². The van der Waals surface area contributed by atoms with Crippen LogP contribution in [0, 0.1) is 10.1 Å². The van der Waals surface area contributed by atoms with E-state index in [0.29, 0.717) is 5.69 Å². The number of carbonyl (C=O) groups is 1. The van der Waals surface area contributed by atoms with Crippen LogP contribution < -0.4 is 0 Å². The molecule has 0 saturated heterocycles. The Hall–Kier alpha value is -2.84. The van der Waals surface area contributed by atoms with Gasteiger partial charge in [-0.1, -0.05) is 0 Å². The van der Waals surface area contributed by atoms with E-state index in [1.807, 2.05) is 0 Å². The quantitative estimate of drug-likeness (QED) is 0.491. The number of esters is 1. The van der Waals surface area contributed by atoms with Crippen LogP contribution in [0.3, 0.4) is 0 Å². The fourth-order valence-electron chi connectivity index (χ4n) is 1.67. The smallest absolute Gasteiger partial charge is 0.341 e. The Balaban J connectivity index is 2.44. The molecule has 2 aromatic rings. The summed E-state index contributed by atoms with van der Waals surface area (Å²) >= 11 is 0. The summed E-state index contributed by atoms with van der Waals surface area (Å²) in [5, 5.41) is 14.2. The standard InChI is InChI=1S/C12H9F2N3O4/c1-21-12(18)9-6-16(15-10(9)11(13)14)7-2-4-8(5-3-7)17(19)20/h2-6,11H,1H3. The minimum Gasteiger partial charge on any atom is -0.465 e. The molecule has 0 fully saturated rings. The second-order valence-corrected chi connectivity index (χ2v) is 3.94. The summed E-state index contributed by atoms with van der Waals surface area (Å²) in [6.07, 6.45) is -1.85. The number of ether oxygens (including phenoxy) is 1. The van der Waals surface area contributed by atoms with Gasteiger partial charge < -0.3 is 4.74 Å². The zero-order chi connectivity index (χ0) is 15.6. The van der Waals surface area contributed by atoms with Crippen molar-refractivity contribution in [2.45, 2.75) is 6.43 Å². The van der Waals surface area contributed by atoms with Crippen molar-refractivity contribution in [1.82, 2.24) is 9.78 Å². The topological polar surface area (TPSA) is 87.3 Å². The first kappa shape index (κ1) is 14.6. The van der Waals surface area contributed by atoms with Crippen molar-refractivity contribution in [2.75, 3.05) is 7.11 Å². The van der Waals surface area contributed by atoms with Gasteiger partial charge in [0.05, 0.1) is 17.7 Å². The van der Waals surface area contributed by atoms with Crippen molar-refractivity contribution >= 4 is 11.7 Å². The van der Waals surface area contributed by atoms with Crippen molar-refractivity contribution < 1.29 is 23.2 Å². The summed E-state index contributed by atoms with van der Waals surface area (Å²) in [7, 11) is 1.07. The molecule has 0 unspecified atom stereocenters. The molecule has 0 aliphatic rings. The molecule has 9 heteroatoms. The highest BCUT2D eigenvalue weighted by molar-refractivity contribution is 5.90. The van der Waals surface area contributed by atoms with Gasteiger partial charge in [0.2, 0.25) is 0 Å². The summed E-state index contributed by atoms with van der Waals surface area (Å²) in [4.78, 5) is 21.4. The van der Waals surface area contributed by atoms with E-state index < -0.39 is 23.0 Å². The molecule has 0 atom stereocenters. The summed E-state index contributed by atoms with van der Waals surface area (Å²) in [6.45, 7) is 0. The second-order valence-electron chi connectivity index (χ2n) is 3.94. The highest BCUT2D eigenvalue weighted by Gasteiger charge is 2.24. The number of alkyl halides is 2. The van der Waals surface area contributed by atoms with Crippen molar-refractivity contribution in [3.8, 4) is 5.69 Å². The average molecular weight is 297 g/mol. The third-order valence-corrected chi connectivity index (χ3v) is 2.68. The Labute approximate surface area is 116 Å². The summed E-state index contributed by atoms with van der Waals surface area (Å²) in [5.74, 6) is -0.932. The van der Waals surface area contributed by atoms with Crippen molar-refractivity contribution in [2.24, 2.45) is 0 Å². The number of nitrogens with zero attached hydrogens (tertiary/aromatic N) is 3. The fraction of sp³-hybridized carbons (Fsp3) is 0.167. The average Bonchev–Trinajstić information content (AvgIpc) is 2.92. The maximum atomic E-state index is 12.9. The second kappa shape index (κ2) is 5.65. The Morgan fingerprint density at radius 2 is 2.00 bits per heavy atom. The summed E-state index contributed by atoms with van der Waals surface area (Å²) in [6, 6.07) is 5.08. The van der Waals surface area contributed by atoms with Crippen molar-refractivity contribution in [1.29, 1.82) is 0 Å². The van der Waals surface area contributed by atoms with Crippen LogP contribution in [0.15, 0.2) is 30.5 Å². The lowest BCUT2D eigenvalue weighted by Crippen LogP contribution is -2.03. The zero-order valence-corrected chi connectivity index (χ0v) is 10.7. The van der Waals surface area contributed by atoms with Crippen LogP contribution in [0.5, 0.6) is 0 Å². The lowest BCUT2D eigenvalue weighted by Gasteiger charge is -2.00. The molecule has 0 N–H and O–H groups in total. The van der Waals surface area contributed by atoms with E-state index in [-0.39, 0.29) is 11.3 Å².